The molecular weight excluding hydrogens is 358 g/mol. The fourth-order valence-electron chi connectivity index (χ4n) is 3.39. The Kier molecular flexibility index (Phi) is 4.74. The molecule has 1 aromatic carbocycles. The monoisotopic (exact) mass is 379 g/mol. The number of aromatic nitrogens is 5. The van der Waals surface area contributed by atoms with Crippen molar-refractivity contribution >= 4 is 11.7 Å². The highest BCUT2D eigenvalue weighted by Crippen LogP contribution is 2.32. The van der Waals surface area contributed by atoms with Crippen LogP contribution in [0.2, 0.25) is 0 Å². The number of rotatable bonds is 3. The van der Waals surface area contributed by atoms with Crippen LogP contribution >= 0.6 is 0 Å². The third kappa shape index (κ3) is 3.56. The fourth-order valence-corrected chi connectivity index (χ4v) is 3.39. The molecule has 2 amide bonds. The lowest BCUT2D eigenvalue weighted by molar-refractivity contribution is -0.0159. The molecule has 2 N–H and O–H groups in total. The molecule has 0 aliphatic carbocycles. The summed E-state index contributed by atoms with van der Waals surface area (Å²) in [7, 11) is 0. The molecule has 28 heavy (non-hydrogen) atoms. The molecule has 9 heteroatoms. The maximum absolute atomic E-state index is 12.7. The van der Waals surface area contributed by atoms with Gasteiger partial charge in [-0.1, -0.05) is 12.1 Å². The van der Waals surface area contributed by atoms with Crippen molar-refractivity contribution in [1.82, 2.24) is 30.1 Å². The molecule has 144 valence electrons. The molecule has 1 saturated heterocycles. The molecule has 1 aliphatic rings. The lowest BCUT2D eigenvalue weighted by Gasteiger charge is -2.38. The molecule has 0 unspecified atom stereocenters. The summed E-state index contributed by atoms with van der Waals surface area (Å²) in [6.07, 6.45) is 4.30. The molecular formula is C19H21N7O2. The first-order valence-electron chi connectivity index (χ1n) is 9.09. The first-order chi connectivity index (χ1) is 13.5. The molecule has 1 aliphatic heterocycles. The number of urea groups is 1. The number of carbonyl (C=O) groups is 1. The highest BCUT2D eigenvalue weighted by Gasteiger charge is 2.35. The lowest BCUT2D eigenvalue weighted by Crippen LogP contribution is -2.46. The number of nitrogens with one attached hydrogen (secondary N) is 1. The maximum atomic E-state index is 12.7. The van der Waals surface area contributed by atoms with Crippen LogP contribution in [0.3, 0.4) is 0 Å². The fraction of sp³-hybridized carbons (Fsp3) is 0.316. The summed E-state index contributed by atoms with van der Waals surface area (Å²) in [5.41, 5.74) is 1.28. The van der Waals surface area contributed by atoms with Crippen LogP contribution in [0, 0.1) is 6.92 Å². The largest absolute Gasteiger partial charge is 0.385 e. The Morgan fingerprint density at radius 2 is 2.04 bits per heavy atom. The number of benzene rings is 1. The number of hydrogen-bond donors (Lipinski definition) is 2. The van der Waals surface area contributed by atoms with Crippen molar-refractivity contribution in [2.45, 2.75) is 25.4 Å². The van der Waals surface area contributed by atoms with Crippen LogP contribution in [0.5, 0.6) is 0 Å². The molecule has 0 spiro atoms. The zero-order valence-corrected chi connectivity index (χ0v) is 15.5. The molecule has 3 aromatic rings. The van der Waals surface area contributed by atoms with Crippen LogP contribution in [0.15, 0.2) is 48.8 Å². The number of anilines is 1. The Hall–Kier alpha value is -3.33. The van der Waals surface area contributed by atoms with Crippen molar-refractivity contribution in [3.05, 3.63) is 60.2 Å². The average Bonchev–Trinajstić information content (AvgIpc) is 3.15. The number of nitrogens with zero attached hydrogens (tertiary/aromatic N) is 6. The van der Waals surface area contributed by atoms with Gasteiger partial charge in [-0.2, -0.15) is 4.68 Å². The molecule has 9 nitrogen and oxygen atoms in total. The molecule has 2 aromatic heterocycles. The van der Waals surface area contributed by atoms with E-state index in [-0.39, 0.29) is 6.03 Å². The van der Waals surface area contributed by atoms with E-state index in [1.807, 2.05) is 43.3 Å². The number of carbonyl (C=O) groups excluding carboxylic acids is 1. The standard InChI is InChI=1S/C19H21N7O2/c1-14-22-23-24-26(14)17-6-2-5-16(12-17)21-18(27)25-10-7-19(28,8-11-25)15-4-3-9-20-13-15/h2-6,9,12-13,28H,7-8,10-11H2,1H3,(H,21,27). The van der Waals surface area contributed by atoms with Gasteiger partial charge in [-0.3, -0.25) is 4.98 Å². The number of hydrogen-bond acceptors (Lipinski definition) is 6. The van der Waals surface area contributed by atoms with Crippen LogP contribution in [0.4, 0.5) is 10.5 Å². The number of piperidine rings is 1. The van der Waals surface area contributed by atoms with Gasteiger partial charge in [-0.05, 0) is 54.5 Å². The van der Waals surface area contributed by atoms with Crippen molar-refractivity contribution in [3.8, 4) is 5.69 Å². The SMILES string of the molecule is Cc1nnnn1-c1cccc(NC(=O)N2CCC(O)(c3cccnc3)CC2)c1. The lowest BCUT2D eigenvalue weighted by atomic mass is 9.85. The summed E-state index contributed by atoms with van der Waals surface area (Å²) < 4.78 is 1.60. The third-order valence-corrected chi connectivity index (χ3v) is 5.04. The number of aryl methyl sites for hydroxylation is 1. The minimum absolute atomic E-state index is 0.196. The van der Waals surface area contributed by atoms with E-state index in [1.54, 1.807) is 22.0 Å². The van der Waals surface area contributed by atoms with Gasteiger partial charge < -0.3 is 15.3 Å². The quantitative estimate of drug-likeness (QED) is 0.719. The van der Waals surface area contributed by atoms with Crippen molar-refractivity contribution in [1.29, 1.82) is 0 Å². The zero-order chi connectivity index (χ0) is 19.6. The van der Waals surface area contributed by atoms with Gasteiger partial charge in [-0.15, -0.1) is 5.10 Å². The summed E-state index contributed by atoms with van der Waals surface area (Å²) >= 11 is 0. The van der Waals surface area contributed by atoms with E-state index in [9.17, 15) is 9.90 Å². The average molecular weight is 379 g/mol. The highest BCUT2D eigenvalue weighted by atomic mass is 16.3. The van der Waals surface area contributed by atoms with Gasteiger partial charge in [0.1, 0.15) is 0 Å². The van der Waals surface area contributed by atoms with Gasteiger partial charge >= 0.3 is 6.03 Å². The second-order valence-corrected chi connectivity index (χ2v) is 6.88. The van der Waals surface area contributed by atoms with Crippen LogP contribution in [0.25, 0.3) is 5.69 Å². The van der Waals surface area contributed by atoms with Gasteiger partial charge in [0.2, 0.25) is 0 Å². The maximum Gasteiger partial charge on any atom is 0.321 e. The summed E-state index contributed by atoms with van der Waals surface area (Å²) in [6.45, 7) is 2.73. The van der Waals surface area contributed by atoms with E-state index in [0.717, 1.165) is 11.3 Å². The summed E-state index contributed by atoms with van der Waals surface area (Å²) in [4.78, 5) is 18.4. The number of amides is 2. The van der Waals surface area contributed by atoms with Crippen LogP contribution in [-0.4, -0.2) is 54.3 Å². The van der Waals surface area contributed by atoms with Gasteiger partial charge in [0, 0.05) is 36.7 Å². The molecule has 3 heterocycles. The van der Waals surface area contributed by atoms with Crippen molar-refractivity contribution < 1.29 is 9.90 Å². The Labute approximate surface area is 162 Å². The Bertz CT molecular complexity index is 965. The van der Waals surface area contributed by atoms with E-state index < -0.39 is 5.60 Å². The minimum Gasteiger partial charge on any atom is -0.385 e. The summed E-state index contributed by atoms with van der Waals surface area (Å²) in [5.74, 6) is 0.661. The number of likely N-dealkylation sites (tertiary alicyclic amines) is 1. The number of pyridine rings is 1. The Morgan fingerprint density at radius 3 is 2.71 bits per heavy atom. The second-order valence-electron chi connectivity index (χ2n) is 6.88. The molecule has 0 saturated carbocycles. The smallest absolute Gasteiger partial charge is 0.321 e. The number of aliphatic hydroxyl groups is 1. The van der Waals surface area contributed by atoms with Gasteiger partial charge in [0.25, 0.3) is 0 Å². The van der Waals surface area contributed by atoms with E-state index in [1.165, 1.54) is 0 Å². The Morgan fingerprint density at radius 1 is 1.21 bits per heavy atom. The van der Waals surface area contributed by atoms with Crippen molar-refractivity contribution in [2.75, 3.05) is 18.4 Å². The molecule has 0 radical (unpaired) electrons. The first kappa shape index (κ1) is 18.1. The summed E-state index contributed by atoms with van der Waals surface area (Å²) in [5, 5.41) is 25.2. The topological polar surface area (TPSA) is 109 Å². The van der Waals surface area contributed by atoms with E-state index in [0.29, 0.717) is 37.4 Å². The van der Waals surface area contributed by atoms with E-state index >= 15 is 0 Å². The molecule has 1 fully saturated rings. The second kappa shape index (κ2) is 7.35. The van der Waals surface area contributed by atoms with E-state index in [4.69, 9.17) is 0 Å². The minimum atomic E-state index is -0.942. The van der Waals surface area contributed by atoms with Crippen LogP contribution in [-0.2, 0) is 5.60 Å². The normalized spacial score (nSPS) is 16.0. The van der Waals surface area contributed by atoms with Crippen molar-refractivity contribution in [2.24, 2.45) is 0 Å². The zero-order valence-electron chi connectivity index (χ0n) is 15.5. The predicted octanol–water partition coefficient (Wildman–Crippen LogP) is 1.88. The highest BCUT2D eigenvalue weighted by molar-refractivity contribution is 5.89. The van der Waals surface area contributed by atoms with E-state index in [2.05, 4.69) is 25.8 Å². The summed E-state index contributed by atoms with van der Waals surface area (Å²) in [6, 6.07) is 10.8. The van der Waals surface area contributed by atoms with Crippen LogP contribution in [0.1, 0.15) is 24.2 Å². The third-order valence-electron chi connectivity index (χ3n) is 5.04. The number of tetrazole rings is 1. The van der Waals surface area contributed by atoms with Gasteiger partial charge in [0.05, 0.1) is 11.3 Å². The van der Waals surface area contributed by atoms with Gasteiger partial charge in [-0.25, -0.2) is 4.79 Å². The predicted molar refractivity (Wildman–Crippen MR) is 102 cm³/mol. The Balaban J connectivity index is 1.41. The molecule has 4 rings (SSSR count). The van der Waals surface area contributed by atoms with Crippen LogP contribution < -0.4 is 5.32 Å². The van der Waals surface area contributed by atoms with Crippen molar-refractivity contribution in [3.63, 3.8) is 0 Å². The van der Waals surface area contributed by atoms with Gasteiger partial charge in [0.15, 0.2) is 5.82 Å². The molecule has 0 bridgehead atoms. The molecule has 0 atom stereocenters. The first-order valence-corrected chi connectivity index (χ1v) is 9.09.